The molecule has 0 heterocycles. The maximum atomic E-state index is 12.9. The molecule has 1 N–H and O–H groups in total. The lowest BCUT2D eigenvalue weighted by atomic mass is 9.69. The van der Waals surface area contributed by atoms with Crippen LogP contribution in [0.15, 0.2) is 77.7 Å². The normalized spacial score (nSPS) is 17.9. The van der Waals surface area contributed by atoms with E-state index < -0.39 is 9.84 Å². The fourth-order valence-corrected chi connectivity index (χ4v) is 6.58. The molecule has 0 aliphatic heterocycles. The van der Waals surface area contributed by atoms with Crippen molar-refractivity contribution in [2.45, 2.75) is 55.1 Å². The highest BCUT2D eigenvalue weighted by Crippen LogP contribution is 2.47. The first kappa shape index (κ1) is 25.4. The molecule has 4 rings (SSSR count). The Hall–Kier alpha value is -2.67. The minimum Gasteiger partial charge on any atom is -0.508 e. The molecule has 0 saturated heterocycles. The van der Waals surface area contributed by atoms with Crippen molar-refractivity contribution < 1.29 is 23.0 Å². The van der Waals surface area contributed by atoms with E-state index in [1.807, 2.05) is 30.3 Å². The molecule has 0 aromatic heterocycles. The second-order valence-electron chi connectivity index (χ2n) is 9.20. The van der Waals surface area contributed by atoms with Gasteiger partial charge in [0.1, 0.15) is 5.75 Å². The number of fused-ring (bicyclic) bond motifs is 1. The highest BCUT2D eigenvalue weighted by atomic mass is 32.2. The van der Waals surface area contributed by atoms with Crippen LogP contribution in [0.3, 0.4) is 0 Å². The number of benzene rings is 3. The maximum absolute atomic E-state index is 12.9. The Labute approximate surface area is 208 Å². The van der Waals surface area contributed by atoms with Gasteiger partial charge >= 0.3 is 0 Å². The molecule has 6 heteroatoms. The van der Waals surface area contributed by atoms with Gasteiger partial charge in [0.05, 0.1) is 10.6 Å². The van der Waals surface area contributed by atoms with Gasteiger partial charge in [0.15, 0.2) is 16.1 Å². The lowest BCUT2D eigenvalue weighted by Crippen LogP contribution is -2.20. The summed E-state index contributed by atoms with van der Waals surface area (Å²) >= 11 is 0. The number of rotatable bonds is 10. The molecule has 1 aliphatic rings. The monoisotopic (exact) mass is 494 g/mol. The SMILES string of the molecule is COC(CCCCS(=O)(=O)c1ccc(C2c3ccc(O)cc3CCC2c2ccccc2)cc1)OC. The number of ether oxygens (including phenoxy) is 2. The Kier molecular flexibility index (Phi) is 8.26. The summed E-state index contributed by atoms with van der Waals surface area (Å²) in [7, 11) is -0.195. The van der Waals surface area contributed by atoms with Gasteiger partial charge in [-0.25, -0.2) is 8.42 Å². The molecule has 3 aromatic rings. The minimum atomic E-state index is -3.37. The Morgan fingerprint density at radius 3 is 2.31 bits per heavy atom. The highest BCUT2D eigenvalue weighted by Gasteiger charge is 2.32. The maximum Gasteiger partial charge on any atom is 0.178 e. The molecule has 1 aliphatic carbocycles. The lowest BCUT2D eigenvalue weighted by molar-refractivity contribution is -0.106. The minimum absolute atomic E-state index is 0.0959. The van der Waals surface area contributed by atoms with Crippen molar-refractivity contribution in [3.63, 3.8) is 0 Å². The van der Waals surface area contributed by atoms with Crippen LogP contribution in [0.1, 0.15) is 59.8 Å². The van der Waals surface area contributed by atoms with Gasteiger partial charge < -0.3 is 14.6 Å². The average molecular weight is 495 g/mol. The molecule has 2 unspecified atom stereocenters. The van der Waals surface area contributed by atoms with Crippen LogP contribution in [-0.4, -0.2) is 39.8 Å². The Morgan fingerprint density at radius 1 is 0.914 bits per heavy atom. The zero-order chi connectivity index (χ0) is 24.8. The summed E-state index contributed by atoms with van der Waals surface area (Å²) < 4.78 is 36.2. The van der Waals surface area contributed by atoms with E-state index in [1.54, 1.807) is 32.4 Å². The van der Waals surface area contributed by atoms with Gasteiger partial charge in [0, 0.05) is 20.1 Å². The summed E-state index contributed by atoms with van der Waals surface area (Å²) in [6.45, 7) is 0. The molecule has 0 spiro atoms. The second-order valence-corrected chi connectivity index (χ2v) is 11.3. The fourth-order valence-electron chi connectivity index (χ4n) is 5.21. The highest BCUT2D eigenvalue weighted by molar-refractivity contribution is 7.91. The van der Waals surface area contributed by atoms with Crippen molar-refractivity contribution in [2.24, 2.45) is 0 Å². The first-order valence-corrected chi connectivity index (χ1v) is 13.8. The molecular formula is C29H34O5S. The molecule has 0 saturated carbocycles. The van der Waals surface area contributed by atoms with Gasteiger partial charge in [-0.15, -0.1) is 0 Å². The third kappa shape index (κ3) is 5.95. The number of hydrogen-bond acceptors (Lipinski definition) is 5. The molecule has 186 valence electrons. The van der Waals surface area contributed by atoms with E-state index in [4.69, 9.17) is 9.47 Å². The molecule has 2 atom stereocenters. The van der Waals surface area contributed by atoms with Crippen LogP contribution in [0.2, 0.25) is 0 Å². The largest absolute Gasteiger partial charge is 0.508 e. The predicted molar refractivity (Wildman–Crippen MR) is 138 cm³/mol. The van der Waals surface area contributed by atoms with Crippen LogP contribution >= 0.6 is 0 Å². The van der Waals surface area contributed by atoms with Crippen LogP contribution in [0.25, 0.3) is 0 Å². The molecule has 0 amide bonds. The molecule has 0 radical (unpaired) electrons. The first-order chi connectivity index (χ1) is 16.9. The van der Waals surface area contributed by atoms with E-state index in [9.17, 15) is 13.5 Å². The summed E-state index contributed by atoms with van der Waals surface area (Å²) in [5.41, 5.74) is 4.72. The Balaban J connectivity index is 1.56. The zero-order valence-corrected chi connectivity index (χ0v) is 21.2. The van der Waals surface area contributed by atoms with Gasteiger partial charge in [0.25, 0.3) is 0 Å². The zero-order valence-electron chi connectivity index (χ0n) is 20.4. The third-order valence-corrected chi connectivity index (χ3v) is 8.86. The van der Waals surface area contributed by atoms with Crippen LogP contribution in [-0.2, 0) is 25.7 Å². The van der Waals surface area contributed by atoms with E-state index in [1.165, 1.54) is 11.1 Å². The van der Waals surface area contributed by atoms with Crippen LogP contribution in [0.4, 0.5) is 0 Å². The number of hydrogen-bond donors (Lipinski definition) is 1. The Morgan fingerprint density at radius 2 is 1.63 bits per heavy atom. The summed E-state index contributed by atoms with van der Waals surface area (Å²) in [5, 5.41) is 10.0. The molecule has 35 heavy (non-hydrogen) atoms. The van der Waals surface area contributed by atoms with E-state index in [2.05, 4.69) is 24.3 Å². The lowest BCUT2D eigenvalue weighted by Gasteiger charge is -2.35. The summed E-state index contributed by atoms with van der Waals surface area (Å²) in [4.78, 5) is 0.356. The number of aromatic hydroxyl groups is 1. The molecule has 0 fully saturated rings. The summed E-state index contributed by atoms with van der Waals surface area (Å²) in [6.07, 6.45) is 3.51. The van der Waals surface area contributed by atoms with Gasteiger partial charge in [-0.1, -0.05) is 48.5 Å². The second kappa shape index (κ2) is 11.4. The van der Waals surface area contributed by atoms with Gasteiger partial charge in [-0.3, -0.25) is 0 Å². The van der Waals surface area contributed by atoms with Crippen molar-refractivity contribution in [1.82, 2.24) is 0 Å². The van der Waals surface area contributed by atoms with Gasteiger partial charge in [0.2, 0.25) is 0 Å². The summed E-state index contributed by atoms with van der Waals surface area (Å²) in [6, 6.07) is 23.5. The van der Waals surface area contributed by atoms with Gasteiger partial charge in [-0.05, 0) is 84.5 Å². The van der Waals surface area contributed by atoms with Crippen molar-refractivity contribution in [3.8, 4) is 5.75 Å². The average Bonchev–Trinajstić information content (AvgIpc) is 2.88. The number of methoxy groups -OCH3 is 2. The molecule has 5 nitrogen and oxygen atoms in total. The standard InChI is InChI=1S/C29H34O5S/c1-33-28(34-2)10-6-7-19-35(31,32)25-15-11-22(12-16-25)29-26(21-8-4-3-5-9-21)17-13-23-20-24(30)14-18-27(23)29/h3-5,8-9,11-12,14-16,18,20,26,28-30H,6-7,10,13,17,19H2,1-2H3. The number of phenolic OH excluding ortho intramolecular Hbond substituents is 1. The molecular weight excluding hydrogens is 460 g/mol. The van der Waals surface area contributed by atoms with E-state index in [-0.39, 0.29) is 29.6 Å². The van der Waals surface area contributed by atoms with E-state index in [0.29, 0.717) is 24.2 Å². The number of aryl methyl sites for hydroxylation is 1. The number of sulfone groups is 1. The van der Waals surface area contributed by atoms with E-state index in [0.717, 1.165) is 24.0 Å². The topological polar surface area (TPSA) is 72.8 Å². The quantitative estimate of drug-likeness (QED) is 0.284. The number of unbranched alkanes of at least 4 members (excludes halogenated alkanes) is 1. The van der Waals surface area contributed by atoms with E-state index >= 15 is 0 Å². The van der Waals surface area contributed by atoms with Crippen molar-refractivity contribution in [2.75, 3.05) is 20.0 Å². The van der Waals surface area contributed by atoms with Crippen molar-refractivity contribution in [3.05, 3.63) is 95.1 Å². The summed E-state index contributed by atoms with van der Waals surface area (Å²) in [5.74, 6) is 0.762. The predicted octanol–water partition coefficient (Wildman–Crippen LogP) is 5.82. The molecule has 0 bridgehead atoms. The van der Waals surface area contributed by atoms with Gasteiger partial charge in [-0.2, -0.15) is 0 Å². The molecule has 3 aromatic carbocycles. The van der Waals surface area contributed by atoms with Crippen molar-refractivity contribution in [1.29, 1.82) is 0 Å². The van der Waals surface area contributed by atoms with Crippen LogP contribution in [0.5, 0.6) is 5.75 Å². The Bertz CT molecular complexity index is 1200. The smallest absolute Gasteiger partial charge is 0.178 e. The van der Waals surface area contributed by atoms with Crippen LogP contribution < -0.4 is 0 Å². The van der Waals surface area contributed by atoms with Crippen LogP contribution in [0, 0.1) is 0 Å². The third-order valence-electron chi connectivity index (χ3n) is 7.04. The first-order valence-electron chi connectivity index (χ1n) is 12.2. The fraction of sp³-hybridized carbons (Fsp3) is 0.379. The van der Waals surface area contributed by atoms with Crippen molar-refractivity contribution >= 4 is 9.84 Å². The number of phenols is 1.